The summed E-state index contributed by atoms with van der Waals surface area (Å²) in [7, 11) is 4.17. The number of ether oxygens (including phenoxy) is 1. The molecule has 1 aliphatic rings. The third-order valence-electron chi connectivity index (χ3n) is 4.43. The van der Waals surface area contributed by atoms with Crippen LogP contribution in [-0.2, 0) is 11.2 Å². The maximum Gasteiger partial charge on any atom is 0.227 e. The van der Waals surface area contributed by atoms with E-state index in [2.05, 4.69) is 31.5 Å². The maximum atomic E-state index is 12.8. The quantitative estimate of drug-likeness (QED) is 0.856. The molecule has 132 valence electrons. The first-order valence-corrected chi connectivity index (χ1v) is 8.96. The van der Waals surface area contributed by atoms with Gasteiger partial charge in [-0.25, -0.2) is 0 Å². The van der Waals surface area contributed by atoms with Gasteiger partial charge in [-0.2, -0.15) is 0 Å². The van der Waals surface area contributed by atoms with Gasteiger partial charge in [0.1, 0.15) is 24.9 Å². The maximum absolute atomic E-state index is 12.8. The highest BCUT2D eigenvalue weighted by Gasteiger charge is 2.28. The van der Waals surface area contributed by atoms with Crippen LogP contribution in [0.4, 0.5) is 0 Å². The highest BCUT2D eigenvalue weighted by atomic mass is 35.5. The van der Waals surface area contributed by atoms with Crippen molar-refractivity contribution in [1.29, 1.82) is 0 Å². The smallest absolute Gasteiger partial charge is 0.227 e. The van der Waals surface area contributed by atoms with Crippen molar-refractivity contribution < 1.29 is 14.4 Å². The molecular formula is C20H24ClN2O2+. The number of likely N-dealkylation sites (N-methyl/N-ethyl adjacent to an activating group) is 1. The summed E-state index contributed by atoms with van der Waals surface area (Å²) in [6.45, 7) is 1.22. The van der Waals surface area contributed by atoms with Crippen molar-refractivity contribution >= 4 is 17.5 Å². The molecule has 1 aliphatic heterocycles. The molecule has 0 bridgehead atoms. The Bertz CT molecular complexity index is 734. The number of hydrogen-bond donors (Lipinski definition) is 2. The Hall–Kier alpha value is -2.04. The lowest BCUT2D eigenvalue weighted by atomic mass is 9.95. The topological polar surface area (TPSA) is 42.8 Å². The molecule has 4 nitrogen and oxygen atoms in total. The summed E-state index contributed by atoms with van der Waals surface area (Å²) in [6.07, 6.45) is 0.651. The molecule has 0 unspecified atom stereocenters. The van der Waals surface area contributed by atoms with E-state index in [-0.39, 0.29) is 17.9 Å². The van der Waals surface area contributed by atoms with Crippen molar-refractivity contribution in [3.05, 3.63) is 64.7 Å². The molecule has 2 atom stereocenters. The number of nitrogens with one attached hydrogen (secondary N) is 2. The van der Waals surface area contributed by atoms with E-state index >= 15 is 0 Å². The molecule has 5 heteroatoms. The number of halogens is 1. The summed E-state index contributed by atoms with van der Waals surface area (Å²) >= 11 is 6.07. The molecule has 0 spiro atoms. The van der Waals surface area contributed by atoms with Crippen LogP contribution in [0.1, 0.15) is 17.2 Å². The lowest BCUT2D eigenvalue weighted by Gasteiger charge is -2.27. The third-order valence-corrected chi connectivity index (χ3v) is 4.67. The summed E-state index contributed by atoms with van der Waals surface area (Å²) in [5, 5.41) is 3.88. The highest BCUT2D eigenvalue weighted by molar-refractivity contribution is 6.30. The Morgan fingerprint density at radius 2 is 2.04 bits per heavy atom. The van der Waals surface area contributed by atoms with Gasteiger partial charge in [0.25, 0.3) is 0 Å². The minimum Gasteiger partial charge on any atom is -0.492 e. The minimum absolute atomic E-state index is 0.0144. The van der Waals surface area contributed by atoms with E-state index in [1.165, 1.54) is 4.90 Å². The lowest BCUT2D eigenvalue weighted by Crippen LogP contribution is -3.06. The Labute approximate surface area is 153 Å². The van der Waals surface area contributed by atoms with Gasteiger partial charge in [-0.1, -0.05) is 41.9 Å². The van der Waals surface area contributed by atoms with Crippen molar-refractivity contribution in [2.75, 3.05) is 27.2 Å². The van der Waals surface area contributed by atoms with E-state index < -0.39 is 0 Å². The number of amides is 1. The zero-order valence-corrected chi connectivity index (χ0v) is 15.3. The number of hydrogen-bond acceptors (Lipinski definition) is 2. The number of carbonyl (C=O) groups excluding carboxylic acids is 1. The number of quaternary nitrogens is 1. The van der Waals surface area contributed by atoms with Gasteiger partial charge in [0, 0.05) is 5.02 Å². The van der Waals surface area contributed by atoms with Crippen LogP contribution >= 0.6 is 11.6 Å². The molecule has 2 aromatic rings. The van der Waals surface area contributed by atoms with Gasteiger partial charge in [-0.15, -0.1) is 0 Å². The first-order valence-electron chi connectivity index (χ1n) is 8.58. The largest absolute Gasteiger partial charge is 0.492 e. The van der Waals surface area contributed by atoms with E-state index in [4.69, 9.17) is 16.3 Å². The Morgan fingerprint density at radius 1 is 1.28 bits per heavy atom. The number of rotatable bonds is 5. The predicted molar refractivity (Wildman–Crippen MR) is 99.1 cm³/mol. The van der Waals surface area contributed by atoms with E-state index in [0.29, 0.717) is 18.1 Å². The molecular weight excluding hydrogens is 336 g/mol. The molecule has 25 heavy (non-hydrogen) atoms. The van der Waals surface area contributed by atoms with Crippen molar-refractivity contribution in [2.24, 2.45) is 5.92 Å². The molecule has 2 N–H and O–H groups in total. The zero-order chi connectivity index (χ0) is 17.8. The third kappa shape index (κ3) is 4.53. The molecule has 1 amide bonds. The van der Waals surface area contributed by atoms with E-state index in [9.17, 15) is 4.79 Å². The van der Waals surface area contributed by atoms with Crippen LogP contribution in [0, 0.1) is 5.92 Å². The zero-order valence-electron chi connectivity index (χ0n) is 14.6. The van der Waals surface area contributed by atoms with Crippen LogP contribution in [0.5, 0.6) is 5.75 Å². The summed E-state index contributed by atoms with van der Waals surface area (Å²) in [5.74, 6) is 0.654. The minimum atomic E-state index is -0.200. The molecule has 0 radical (unpaired) electrons. The van der Waals surface area contributed by atoms with E-state index in [0.717, 1.165) is 23.4 Å². The Morgan fingerprint density at radius 3 is 2.76 bits per heavy atom. The second-order valence-electron chi connectivity index (χ2n) is 6.85. The summed E-state index contributed by atoms with van der Waals surface area (Å²) < 4.78 is 5.76. The molecule has 0 saturated carbocycles. The van der Waals surface area contributed by atoms with E-state index in [1.807, 2.05) is 36.4 Å². The summed E-state index contributed by atoms with van der Waals surface area (Å²) in [6, 6.07) is 15.7. The molecule has 0 fully saturated rings. The van der Waals surface area contributed by atoms with Gasteiger partial charge in [0.05, 0.1) is 20.0 Å². The monoisotopic (exact) mass is 359 g/mol. The van der Waals surface area contributed by atoms with Crippen LogP contribution in [-0.4, -0.2) is 33.2 Å². The van der Waals surface area contributed by atoms with Crippen LogP contribution < -0.4 is 15.0 Å². The summed E-state index contributed by atoms with van der Waals surface area (Å²) in [5.41, 5.74) is 2.12. The van der Waals surface area contributed by atoms with Crippen LogP contribution in [0.2, 0.25) is 5.02 Å². The summed E-state index contributed by atoms with van der Waals surface area (Å²) in [4.78, 5) is 14.1. The predicted octanol–water partition coefficient (Wildman–Crippen LogP) is 1.89. The van der Waals surface area contributed by atoms with Crippen molar-refractivity contribution in [3.63, 3.8) is 0 Å². The Kier molecular flexibility index (Phi) is 5.61. The van der Waals surface area contributed by atoms with Crippen molar-refractivity contribution in [3.8, 4) is 5.75 Å². The van der Waals surface area contributed by atoms with Gasteiger partial charge >= 0.3 is 0 Å². The SMILES string of the molecule is C[NH+](C)C[C@H](NC(=O)[C@H]1COc2ccc(Cl)cc2C1)c1ccccc1. The van der Waals surface area contributed by atoms with Gasteiger partial charge in [-0.3, -0.25) is 4.79 Å². The lowest BCUT2D eigenvalue weighted by molar-refractivity contribution is -0.860. The fourth-order valence-corrected chi connectivity index (χ4v) is 3.36. The van der Waals surface area contributed by atoms with Crippen LogP contribution in [0.3, 0.4) is 0 Å². The molecule has 2 aromatic carbocycles. The fourth-order valence-electron chi connectivity index (χ4n) is 3.17. The van der Waals surface area contributed by atoms with Crippen LogP contribution in [0.15, 0.2) is 48.5 Å². The Balaban J connectivity index is 1.71. The van der Waals surface area contributed by atoms with Crippen molar-refractivity contribution in [2.45, 2.75) is 12.5 Å². The first-order chi connectivity index (χ1) is 12.0. The number of carbonyl (C=O) groups is 1. The molecule has 0 aliphatic carbocycles. The fraction of sp³-hybridized carbons (Fsp3) is 0.350. The highest BCUT2D eigenvalue weighted by Crippen LogP contribution is 2.30. The van der Waals surface area contributed by atoms with Crippen molar-refractivity contribution in [1.82, 2.24) is 5.32 Å². The normalized spacial score (nSPS) is 17.5. The average molecular weight is 360 g/mol. The second kappa shape index (κ2) is 7.89. The van der Waals surface area contributed by atoms with Gasteiger partial charge in [0.15, 0.2) is 0 Å². The first kappa shape index (κ1) is 17.8. The van der Waals surface area contributed by atoms with Gasteiger partial charge < -0.3 is 15.0 Å². The molecule has 3 rings (SSSR count). The van der Waals surface area contributed by atoms with Gasteiger partial charge in [-0.05, 0) is 35.7 Å². The average Bonchev–Trinajstić information content (AvgIpc) is 2.60. The van der Waals surface area contributed by atoms with Gasteiger partial charge in [0.2, 0.25) is 5.91 Å². The number of fused-ring (bicyclic) bond motifs is 1. The second-order valence-corrected chi connectivity index (χ2v) is 7.28. The van der Waals surface area contributed by atoms with Crippen LogP contribution in [0.25, 0.3) is 0 Å². The molecule has 0 aromatic heterocycles. The van der Waals surface area contributed by atoms with E-state index in [1.54, 1.807) is 0 Å². The molecule has 1 heterocycles. The number of benzene rings is 2. The standard InChI is InChI=1S/C20H23ClN2O2/c1-23(2)12-18(14-6-4-3-5-7-14)22-20(24)16-10-15-11-17(21)8-9-19(15)25-13-16/h3-9,11,16,18H,10,12-13H2,1-2H3,(H,22,24)/p+1/t16-,18+/m1/s1. The molecule has 0 saturated heterocycles.